The Bertz CT molecular complexity index is 476. The Balaban J connectivity index is 2.36. The van der Waals surface area contributed by atoms with E-state index in [0.29, 0.717) is 5.75 Å². The fourth-order valence-corrected chi connectivity index (χ4v) is 2.40. The van der Waals surface area contributed by atoms with Crippen molar-refractivity contribution >= 4 is 11.7 Å². The third-order valence-electron chi connectivity index (χ3n) is 3.70. The van der Waals surface area contributed by atoms with Gasteiger partial charge in [-0.3, -0.25) is 0 Å². The topological polar surface area (TPSA) is 61.8 Å². The molecule has 0 fully saturated rings. The number of carboxylic acids is 1. The van der Waals surface area contributed by atoms with E-state index in [1.54, 1.807) is 12.1 Å². The van der Waals surface area contributed by atoms with Crippen LogP contribution in [0.25, 0.3) is 0 Å². The molecule has 2 N–H and O–H groups in total. The lowest BCUT2D eigenvalue weighted by atomic mass is 10.0. The number of hydrogen-bond acceptors (Lipinski definition) is 4. The first-order valence-electron chi connectivity index (χ1n) is 6.46. The highest BCUT2D eigenvalue weighted by molar-refractivity contribution is 5.93. The molecule has 1 aromatic rings. The Morgan fingerprint density at radius 2 is 2.26 bits per heavy atom. The lowest BCUT2D eigenvalue weighted by Gasteiger charge is -2.40. The molecule has 0 saturated heterocycles. The molecule has 2 unspecified atom stereocenters. The van der Waals surface area contributed by atoms with Gasteiger partial charge in [-0.05, 0) is 39.1 Å². The minimum atomic E-state index is -0.952. The molecule has 0 amide bonds. The van der Waals surface area contributed by atoms with Gasteiger partial charge in [-0.15, -0.1) is 0 Å². The van der Waals surface area contributed by atoms with E-state index < -0.39 is 5.97 Å². The number of likely N-dealkylation sites (N-methyl/N-ethyl adjacent to an activating group) is 1. The number of fused-ring (bicyclic) bond motifs is 1. The van der Waals surface area contributed by atoms with Crippen molar-refractivity contribution in [3.05, 3.63) is 23.8 Å². The maximum Gasteiger partial charge on any atom is 0.339 e. The summed E-state index contributed by atoms with van der Waals surface area (Å²) in [4.78, 5) is 13.4. The van der Waals surface area contributed by atoms with E-state index in [4.69, 9.17) is 4.74 Å². The number of benzene rings is 1. The SMILES string of the molecule is CNCCC1Oc2c(C(=O)O)cccc2N(C)C1C. The number of carboxylic acid groups (broad SMARTS) is 1. The minimum absolute atomic E-state index is 0.00884. The average molecular weight is 264 g/mol. The van der Waals surface area contributed by atoms with Crippen molar-refractivity contribution in [2.75, 3.05) is 25.5 Å². The van der Waals surface area contributed by atoms with E-state index in [0.717, 1.165) is 18.7 Å². The first-order valence-corrected chi connectivity index (χ1v) is 6.46. The average Bonchev–Trinajstić information content (AvgIpc) is 2.40. The van der Waals surface area contributed by atoms with Gasteiger partial charge in [0.25, 0.3) is 0 Å². The number of para-hydroxylation sites is 1. The van der Waals surface area contributed by atoms with Crippen LogP contribution in [-0.4, -0.2) is 43.9 Å². The van der Waals surface area contributed by atoms with E-state index in [-0.39, 0.29) is 17.7 Å². The number of rotatable bonds is 4. The number of aromatic carboxylic acids is 1. The summed E-state index contributed by atoms with van der Waals surface area (Å²) in [6.45, 7) is 2.93. The van der Waals surface area contributed by atoms with Crippen molar-refractivity contribution in [1.82, 2.24) is 5.32 Å². The summed E-state index contributed by atoms with van der Waals surface area (Å²) in [5.74, 6) is -0.469. The molecule has 1 heterocycles. The first-order chi connectivity index (χ1) is 9.06. The predicted octanol–water partition coefficient (Wildman–Crippen LogP) is 1.58. The molecule has 1 aliphatic rings. The molecule has 0 spiro atoms. The Labute approximate surface area is 113 Å². The van der Waals surface area contributed by atoms with Crippen LogP contribution in [0.4, 0.5) is 5.69 Å². The van der Waals surface area contributed by atoms with Gasteiger partial charge in [0.05, 0.1) is 11.7 Å². The highest BCUT2D eigenvalue weighted by Crippen LogP contribution is 2.38. The summed E-state index contributed by atoms with van der Waals surface area (Å²) in [7, 11) is 3.87. The molecule has 0 saturated carbocycles. The zero-order valence-corrected chi connectivity index (χ0v) is 11.5. The molecule has 5 nitrogen and oxygen atoms in total. The summed E-state index contributed by atoms with van der Waals surface area (Å²) in [6, 6.07) is 5.44. The van der Waals surface area contributed by atoms with Crippen LogP contribution < -0.4 is 15.0 Å². The smallest absolute Gasteiger partial charge is 0.339 e. The predicted molar refractivity (Wildman–Crippen MR) is 74.2 cm³/mol. The fourth-order valence-electron chi connectivity index (χ4n) is 2.40. The number of nitrogens with zero attached hydrogens (tertiary/aromatic N) is 1. The molecule has 5 heteroatoms. The molecule has 104 valence electrons. The fraction of sp³-hybridized carbons (Fsp3) is 0.500. The van der Waals surface area contributed by atoms with Gasteiger partial charge >= 0.3 is 5.97 Å². The molecule has 0 bridgehead atoms. The summed E-state index contributed by atoms with van der Waals surface area (Å²) < 4.78 is 5.95. The number of anilines is 1. The van der Waals surface area contributed by atoms with Crippen molar-refractivity contribution in [2.45, 2.75) is 25.5 Å². The van der Waals surface area contributed by atoms with E-state index in [2.05, 4.69) is 17.1 Å². The minimum Gasteiger partial charge on any atom is -0.485 e. The Morgan fingerprint density at radius 1 is 1.53 bits per heavy atom. The summed E-state index contributed by atoms with van der Waals surface area (Å²) in [5.41, 5.74) is 1.07. The quantitative estimate of drug-likeness (QED) is 0.864. The van der Waals surface area contributed by atoms with Crippen LogP contribution in [-0.2, 0) is 0 Å². The van der Waals surface area contributed by atoms with Crippen LogP contribution in [0.5, 0.6) is 5.75 Å². The van der Waals surface area contributed by atoms with Crippen LogP contribution in [0.3, 0.4) is 0 Å². The molecule has 19 heavy (non-hydrogen) atoms. The molecule has 2 atom stereocenters. The van der Waals surface area contributed by atoms with E-state index in [1.165, 1.54) is 0 Å². The van der Waals surface area contributed by atoms with Crippen LogP contribution in [0.15, 0.2) is 18.2 Å². The van der Waals surface area contributed by atoms with Crippen molar-refractivity contribution in [3.63, 3.8) is 0 Å². The van der Waals surface area contributed by atoms with Crippen molar-refractivity contribution in [1.29, 1.82) is 0 Å². The Hall–Kier alpha value is -1.75. The Morgan fingerprint density at radius 3 is 2.89 bits per heavy atom. The third kappa shape index (κ3) is 2.51. The summed E-state index contributed by atoms with van der Waals surface area (Å²) in [6.07, 6.45) is 0.834. The highest BCUT2D eigenvalue weighted by atomic mass is 16.5. The molecule has 0 radical (unpaired) electrons. The second-order valence-corrected chi connectivity index (χ2v) is 4.86. The third-order valence-corrected chi connectivity index (χ3v) is 3.70. The number of ether oxygens (including phenoxy) is 1. The largest absolute Gasteiger partial charge is 0.485 e. The van der Waals surface area contributed by atoms with Crippen LogP contribution in [0.1, 0.15) is 23.7 Å². The van der Waals surface area contributed by atoms with Crippen molar-refractivity contribution < 1.29 is 14.6 Å². The maximum absolute atomic E-state index is 11.3. The van der Waals surface area contributed by atoms with Crippen molar-refractivity contribution in [2.24, 2.45) is 0 Å². The normalized spacial score (nSPS) is 21.7. The molecular weight excluding hydrogens is 244 g/mol. The van der Waals surface area contributed by atoms with Crippen LogP contribution in [0.2, 0.25) is 0 Å². The molecule has 2 rings (SSSR count). The molecule has 0 aromatic heterocycles. The van der Waals surface area contributed by atoms with Gasteiger partial charge in [-0.2, -0.15) is 0 Å². The standard InChI is InChI=1S/C14H20N2O3/c1-9-12(7-8-15-2)19-13-10(14(17)18)5-4-6-11(13)16(9)3/h4-6,9,12,15H,7-8H2,1-3H3,(H,17,18). The monoisotopic (exact) mass is 264 g/mol. The molecule has 0 aliphatic carbocycles. The van der Waals surface area contributed by atoms with E-state index in [1.807, 2.05) is 20.2 Å². The Kier molecular flexibility index (Phi) is 3.95. The van der Waals surface area contributed by atoms with Crippen molar-refractivity contribution in [3.8, 4) is 5.75 Å². The highest BCUT2D eigenvalue weighted by Gasteiger charge is 2.32. The van der Waals surface area contributed by atoms with E-state index in [9.17, 15) is 9.90 Å². The number of hydrogen-bond donors (Lipinski definition) is 2. The lowest BCUT2D eigenvalue weighted by molar-refractivity contribution is 0.0684. The second kappa shape index (κ2) is 5.48. The zero-order valence-electron chi connectivity index (χ0n) is 11.5. The van der Waals surface area contributed by atoms with Gasteiger partial charge in [-0.25, -0.2) is 4.79 Å². The zero-order chi connectivity index (χ0) is 14.0. The van der Waals surface area contributed by atoms with Gasteiger partial charge in [-0.1, -0.05) is 6.07 Å². The molecular formula is C14H20N2O3. The van der Waals surface area contributed by atoms with Gasteiger partial charge < -0.3 is 20.1 Å². The van der Waals surface area contributed by atoms with Gasteiger partial charge in [0.1, 0.15) is 11.7 Å². The second-order valence-electron chi connectivity index (χ2n) is 4.86. The number of nitrogens with one attached hydrogen (secondary N) is 1. The first kappa shape index (κ1) is 13.7. The molecule has 1 aliphatic heterocycles. The van der Waals surface area contributed by atoms with Gasteiger partial charge in [0.15, 0.2) is 5.75 Å². The number of carbonyl (C=O) groups is 1. The maximum atomic E-state index is 11.3. The van der Waals surface area contributed by atoms with Crippen LogP contribution >= 0.6 is 0 Å². The lowest BCUT2D eigenvalue weighted by Crippen LogP contribution is -2.47. The van der Waals surface area contributed by atoms with Crippen LogP contribution in [0, 0.1) is 0 Å². The molecule has 1 aromatic carbocycles. The van der Waals surface area contributed by atoms with Gasteiger partial charge in [0.2, 0.25) is 0 Å². The summed E-state index contributed by atoms with van der Waals surface area (Å²) in [5, 5.41) is 12.3. The van der Waals surface area contributed by atoms with E-state index >= 15 is 0 Å². The van der Waals surface area contributed by atoms with Gasteiger partial charge in [0, 0.05) is 7.05 Å². The summed E-state index contributed by atoms with van der Waals surface area (Å²) >= 11 is 0.